The summed E-state index contributed by atoms with van der Waals surface area (Å²) in [4.78, 5) is 26.9. The van der Waals surface area contributed by atoms with Crippen LogP contribution in [0.4, 0.5) is 5.69 Å². The fourth-order valence-corrected chi connectivity index (χ4v) is 4.19. The SMILES string of the molecule is Cl.Cn1cc([C@H]2CNC[C@@H]2C(=O)NC2CC(=O)N(c3ccccc3Cl)C2)cn1. The van der Waals surface area contributed by atoms with Gasteiger partial charge in [-0.15, -0.1) is 12.4 Å². The Morgan fingerprint density at radius 3 is 2.82 bits per heavy atom. The minimum atomic E-state index is -0.212. The highest BCUT2D eigenvalue weighted by atomic mass is 35.5. The molecular formula is C19H23Cl2N5O2. The van der Waals surface area contributed by atoms with Gasteiger partial charge in [-0.2, -0.15) is 5.10 Å². The van der Waals surface area contributed by atoms with E-state index in [9.17, 15) is 9.59 Å². The Morgan fingerprint density at radius 2 is 2.11 bits per heavy atom. The lowest BCUT2D eigenvalue weighted by Gasteiger charge is -2.21. The molecule has 0 saturated carbocycles. The van der Waals surface area contributed by atoms with E-state index in [-0.39, 0.29) is 48.5 Å². The van der Waals surface area contributed by atoms with Crippen molar-refractivity contribution in [3.05, 3.63) is 47.2 Å². The fourth-order valence-electron chi connectivity index (χ4n) is 3.95. The Labute approximate surface area is 174 Å². The second kappa shape index (κ2) is 8.51. The minimum Gasteiger partial charge on any atom is -0.351 e. The van der Waals surface area contributed by atoms with Crippen LogP contribution in [0.2, 0.25) is 5.02 Å². The van der Waals surface area contributed by atoms with Gasteiger partial charge in [-0.25, -0.2) is 0 Å². The van der Waals surface area contributed by atoms with Crippen molar-refractivity contribution in [1.82, 2.24) is 20.4 Å². The van der Waals surface area contributed by atoms with E-state index in [1.807, 2.05) is 37.6 Å². The number of hydrogen-bond acceptors (Lipinski definition) is 4. The third-order valence-corrected chi connectivity index (χ3v) is 5.64. The van der Waals surface area contributed by atoms with Crippen LogP contribution in [-0.2, 0) is 16.6 Å². The van der Waals surface area contributed by atoms with Crippen molar-refractivity contribution in [3.8, 4) is 0 Å². The maximum atomic E-state index is 12.9. The zero-order valence-corrected chi connectivity index (χ0v) is 17.0. The van der Waals surface area contributed by atoms with Crippen LogP contribution in [0, 0.1) is 5.92 Å². The highest BCUT2D eigenvalue weighted by molar-refractivity contribution is 6.33. The maximum absolute atomic E-state index is 12.9. The van der Waals surface area contributed by atoms with Gasteiger partial charge in [-0.1, -0.05) is 23.7 Å². The molecule has 9 heteroatoms. The molecule has 3 heterocycles. The van der Waals surface area contributed by atoms with Gasteiger partial charge in [0.15, 0.2) is 0 Å². The van der Waals surface area contributed by atoms with Crippen molar-refractivity contribution in [2.45, 2.75) is 18.4 Å². The van der Waals surface area contributed by atoms with Gasteiger partial charge in [-0.3, -0.25) is 14.3 Å². The third kappa shape index (κ3) is 4.01. The molecule has 150 valence electrons. The van der Waals surface area contributed by atoms with Crippen LogP contribution in [0.5, 0.6) is 0 Å². The van der Waals surface area contributed by atoms with Crippen LogP contribution in [-0.4, -0.2) is 47.3 Å². The molecule has 2 aromatic rings. The predicted octanol–water partition coefficient (Wildman–Crippen LogP) is 1.72. The first-order valence-corrected chi connectivity index (χ1v) is 9.45. The van der Waals surface area contributed by atoms with E-state index < -0.39 is 0 Å². The van der Waals surface area contributed by atoms with Crippen molar-refractivity contribution in [1.29, 1.82) is 0 Å². The number of carbonyl (C=O) groups is 2. The third-order valence-electron chi connectivity index (χ3n) is 5.32. The monoisotopic (exact) mass is 423 g/mol. The highest BCUT2D eigenvalue weighted by Crippen LogP contribution is 2.30. The topological polar surface area (TPSA) is 79.3 Å². The molecule has 1 unspecified atom stereocenters. The normalized spacial score (nSPS) is 24.3. The molecule has 2 saturated heterocycles. The van der Waals surface area contributed by atoms with Gasteiger partial charge >= 0.3 is 0 Å². The molecule has 7 nitrogen and oxygen atoms in total. The van der Waals surface area contributed by atoms with Gasteiger partial charge in [-0.05, 0) is 17.7 Å². The number of aryl methyl sites for hydroxylation is 1. The first-order valence-electron chi connectivity index (χ1n) is 9.07. The summed E-state index contributed by atoms with van der Waals surface area (Å²) in [6.45, 7) is 1.81. The lowest BCUT2D eigenvalue weighted by molar-refractivity contribution is -0.125. The van der Waals surface area contributed by atoms with Crippen molar-refractivity contribution in [2.75, 3.05) is 24.5 Å². The number of aromatic nitrogens is 2. The van der Waals surface area contributed by atoms with Gasteiger partial charge < -0.3 is 15.5 Å². The summed E-state index contributed by atoms with van der Waals surface area (Å²) in [7, 11) is 1.87. The summed E-state index contributed by atoms with van der Waals surface area (Å²) >= 11 is 6.22. The number of anilines is 1. The zero-order valence-electron chi connectivity index (χ0n) is 15.5. The molecule has 2 N–H and O–H groups in total. The Kier molecular flexibility index (Phi) is 6.27. The van der Waals surface area contributed by atoms with Gasteiger partial charge in [0.05, 0.1) is 28.9 Å². The Balaban J connectivity index is 0.00000225. The van der Waals surface area contributed by atoms with Crippen molar-refractivity contribution >= 4 is 41.5 Å². The summed E-state index contributed by atoms with van der Waals surface area (Å²) < 4.78 is 1.75. The summed E-state index contributed by atoms with van der Waals surface area (Å²) in [6.07, 6.45) is 4.06. The van der Waals surface area contributed by atoms with E-state index in [1.165, 1.54) is 0 Å². The molecule has 1 aromatic carbocycles. The van der Waals surface area contributed by atoms with Gasteiger partial charge in [0.25, 0.3) is 0 Å². The first kappa shape index (κ1) is 20.6. The molecule has 0 aliphatic carbocycles. The van der Waals surface area contributed by atoms with E-state index in [4.69, 9.17) is 11.6 Å². The van der Waals surface area contributed by atoms with E-state index >= 15 is 0 Å². The molecule has 2 fully saturated rings. The molecule has 1 aromatic heterocycles. The Morgan fingerprint density at radius 1 is 1.32 bits per heavy atom. The summed E-state index contributed by atoms with van der Waals surface area (Å²) in [5.41, 5.74) is 1.75. The largest absolute Gasteiger partial charge is 0.351 e. The number of para-hydroxylation sites is 1. The van der Waals surface area contributed by atoms with Crippen LogP contribution in [0.25, 0.3) is 0 Å². The lowest BCUT2D eigenvalue weighted by Crippen LogP contribution is -2.42. The molecule has 0 radical (unpaired) electrons. The zero-order chi connectivity index (χ0) is 19.0. The number of halogens is 2. The molecule has 0 bridgehead atoms. The van der Waals surface area contributed by atoms with Crippen LogP contribution in [0.1, 0.15) is 17.9 Å². The van der Waals surface area contributed by atoms with Crippen LogP contribution >= 0.6 is 24.0 Å². The van der Waals surface area contributed by atoms with E-state index in [2.05, 4.69) is 15.7 Å². The minimum absolute atomic E-state index is 0. The smallest absolute Gasteiger partial charge is 0.229 e. The average molecular weight is 424 g/mol. The molecule has 0 spiro atoms. The first-order chi connectivity index (χ1) is 13.0. The van der Waals surface area contributed by atoms with Crippen LogP contribution in [0.15, 0.2) is 36.7 Å². The number of nitrogens with one attached hydrogen (secondary N) is 2. The summed E-state index contributed by atoms with van der Waals surface area (Å²) in [6, 6.07) is 7.06. The molecule has 3 atom stereocenters. The van der Waals surface area contributed by atoms with Gasteiger partial charge in [0, 0.05) is 45.2 Å². The lowest BCUT2D eigenvalue weighted by atomic mass is 9.90. The van der Waals surface area contributed by atoms with Crippen molar-refractivity contribution < 1.29 is 9.59 Å². The molecule has 28 heavy (non-hydrogen) atoms. The van der Waals surface area contributed by atoms with Crippen LogP contribution < -0.4 is 15.5 Å². The number of hydrogen-bond donors (Lipinski definition) is 2. The standard InChI is InChI=1S/C19H22ClN5O2.ClH/c1-24-10-12(7-22-24)14-8-21-9-15(14)19(27)23-13-6-18(26)25(11-13)17-5-3-2-4-16(17)20;/h2-5,7,10,13-15,21H,6,8-9,11H2,1H3,(H,23,27);1H/t13?,14-,15+;/m1./s1. The number of benzene rings is 1. The number of carbonyl (C=O) groups excluding carboxylic acids is 2. The van der Waals surface area contributed by atoms with Crippen molar-refractivity contribution in [3.63, 3.8) is 0 Å². The quantitative estimate of drug-likeness (QED) is 0.784. The highest BCUT2D eigenvalue weighted by Gasteiger charge is 2.38. The summed E-state index contributed by atoms with van der Waals surface area (Å²) in [5.74, 6) is -0.122. The molecule has 4 rings (SSSR count). The van der Waals surface area contributed by atoms with Gasteiger partial charge in [0.1, 0.15) is 0 Å². The average Bonchev–Trinajstić information content (AvgIpc) is 3.35. The Bertz CT molecular complexity index is 872. The molecule has 2 amide bonds. The maximum Gasteiger partial charge on any atom is 0.229 e. The number of amides is 2. The van der Waals surface area contributed by atoms with Crippen LogP contribution in [0.3, 0.4) is 0 Å². The van der Waals surface area contributed by atoms with Gasteiger partial charge in [0.2, 0.25) is 11.8 Å². The molecule has 2 aliphatic rings. The van der Waals surface area contributed by atoms with E-state index in [0.717, 1.165) is 12.1 Å². The van der Waals surface area contributed by atoms with E-state index in [1.54, 1.807) is 15.6 Å². The van der Waals surface area contributed by atoms with Crippen molar-refractivity contribution in [2.24, 2.45) is 13.0 Å². The second-order valence-electron chi connectivity index (χ2n) is 7.18. The fraction of sp³-hybridized carbons (Fsp3) is 0.421. The molecular weight excluding hydrogens is 401 g/mol. The number of nitrogens with zero attached hydrogens (tertiary/aromatic N) is 3. The van der Waals surface area contributed by atoms with E-state index in [0.29, 0.717) is 23.8 Å². The molecule has 2 aliphatic heterocycles. The second-order valence-corrected chi connectivity index (χ2v) is 7.59. The Hall–Kier alpha value is -2.09. The number of rotatable bonds is 4. The predicted molar refractivity (Wildman–Crippen MR) is 110 cm³/mol. The summed E-state index contributed by atoms with van der Waals surface area (Å²) in [5, 5.41) is 11.1.